The highest BCUT2D eigenvalue weighted by atomic mass is 28.4. The van der Waals surface area contributed by atoms with Gasteiger partial charge in [-0.05, 0) is 15.4 Å². The minimum Gasteiger partial charge on any atom is -0.459 e. The predicted molar refractivity (Wildman–Crippen MR) is 143 cm³/mol. The van der Waals surface area contributed by atoms with E-state index < -0.39 is 50.5 Å². The molecule has 3 rings (SSSR count). The minimum absolute atomic E-state index is 0.203. The van der Waals surface area contributed by atoms with Gasteiger partial charge in [0.1, 0.15) is 6.10 Å². The maximum Gasteiger partial charge on any atom is 0.351 e. The molecule has 37 heavy (non-hydrogen) atoms. The number of benzene rings is 2. The molecular formula is C29H38O7Si. The predicted octanol–water partition coefficient (Wildman–Crippen LogP) is 3.62. The first-order valence-electron chi connectivity index (χ1n) is 12.7. The van der Waals surface area contributed by atoms with Crippen LogP contribution in [0.3, 0.4) is 0 Å². The number of esters is 3. The van der Waals surface area contributed by atoms with Crippen LogP contribution in [0.1, 0.15) is 48.5 Å². The second kappa shape index (κ2) is 11.6. The second-order valence-corrected chi connectivity index (χ2v) is 15.1. The normalized spacial score (nSPS) is 23.1. The van der Waals surface area contributed by atoms with E-state index in [9.17, 15) is 14.4 Å². The van der Waals surface area contributed by atoms with E-state index in [0.29, 0.717) is 6.61 Å². The summed E-state index contributed by atoms with van der Waals surface area (Å²) in [7, 11) is -2.79. The summed E-state index contributed by atoms with van der Waals surface area (Å²) in [5.41, 5.74) is 0. The summed E-state index contributed by atoms with van der Waals surface area (Å²) >= 11 is 0. The van der Waals surface area contributed by atoms with Crippen molar-refractivity contribution in [2.45, 2.75) is 71.8 Å². The van der Waals surface area contributed by atoms with Crippen molar-refractivity contribution in [3.05, 3.63) is 60.7 Å². The molecule has 1 saturated heterocycles. The Balaban J connectivity index is 1.94. The Labute approximate surface area is 220 Å². The molecule has 1 fully saturated rings. The van der Waals surface area contributed by atoms with Crippen LogP contribution in [0, 0.1) is 11.8 Å². The smallest absolute Gasteiger partial charge is 0.351 e. The van der Waals surface area contributed by atoms with Crippen LogP contribution in [0.15, 0.2) is 60.7 Å². The first-order chi connectivity index (χ1) is 17.4. The van der Waals surface area contributed by atoms with Gasteiger partial charge >= 0.3 is 17.9 Å². The van der Waals surface area contributed by atoms with Crippen LogP contribution in [0.4, 0.5) is 0 Å². The van der Waals surface area contributed by atoms with E-state index in [4.69, 9.17) is 18.6 Å². The van der Waals surface area contributed by atoms with E-state index in [0.717, 1.165) is 10.4 Å². The Hall–Kier alpha value is -2.97. The maximum absolute atomic E-state index is 12.9. The number of hydrogen-bond acceptors (Lipinski definition) is 7. The van der Waals surface area contributed by atoms with Gasteiger partial charge in [0.15, 0.2) is 6.10 Å². The molecule has 1 aliphatic rings. The zero-order chi connectivity index (χ0) is 27.4. The van der Waals surface area contributed by atoms with E-state index in [2.05, 4.69) is 45.0 Å². The Morgan fingerprint density at radius 3 is 1.84 bits per heavy atom. The number of hydrogen-bond donors (Lipinski definition) is 0. The van der Waals surface area contributed by atoms with Crippen LogP contribution in [0.25, 0.3) is 0 Å². The van der Waals surface area contributed by atoms with E-state index >= 15 is 0 Å². The molecule has 1 aliphatic heterocycles. The summed E-state index contributed by atoms with van der Waals surface area (Å²) in [4.78, 5) is 36.3. The lowest BCUT2D eigenvalue weighted by atomic mass is 9.84. The monoisotopic (exact) mass is 526 g/mol. The average Bonchev–Trinajstić information content (AvgIpc) is 2.83. The number of cyclic esters (lactones) is 1. The molecule has 200 valence electrons. The van der Waals surface area contributed by atoms with Gasteiger partial charge in [-0.3, -0.25) is 9.59 Å². The van der Waals surface area contributed by atoms with Gasteiger partial charge in [-0.2, -0.15) is 0 Å². The van der Waals surface area contributed by atoms with Crippen LogP contribution in [0.2, 0.25) is 5.04 Å². The van der Waals surface area contributed by atoms with Crippen molar-refractivity contribution in [1.82, 2.24) is 0 Å². The first kappa shape index (κ1) is 28.6. The topological polar surface area (TPSA) is 88.1 Å². The van der Waals surface area contributed by atoms with Crippen molar-refractivity contribution in [3.63, 3.8) is 0 Å². The Morgan fingerprint density at radius 1 is 0.919 bits per heavy atom. The number of rotatable bonds is 8. The van der Waals surface area contributed by atoms with Gasteiger partial charge in [-0.25, -0.2) is 4.79 Å². The lowest BCUT2D eigenvalue weighted by Gasteiger charge is -2.45. The Morgan fingerprint density at radius 2 is 1.41 bits per heavy atom. The number of ether oxygens (including phenoxy) is 3. The van der Waals surface area contributed by atoms with Crippen LogP contribution in [-0.4, -0.2) is 51.1 Å². The molecule has 2 aromatic rings. The lowest BCUT2D eigenvalue weighted by molar-refractivity contribution is -0.211. The molecule has 0 amide bonds. The summed E-state index contributed by atoms with van der Waals surface area (Å²) in [6.45, 7) is 13.2. The minimum atomic E-state index is -2.79. The third-order valence-corrected chi connectivity index (χ3v) is 12.0. The van der Waals surface area contributed by atoms with Crippen molar-refractivity contribution in [3.8, 4) is 0 Å². The molecule has 2 aromatic carbocycles. The molecule has 0 aromatic heterocycles. The molecule has 0 saturated carbocycles. The zero-order valence-electron chi connectivity index (χ0n) is 22.7. The molecule has 5 atom stereocenters. The van der Waals surface area contributed by atoms with E-state index in [-0.39, 0.29) is 11.0 Å². The molecule has 0 unspecified atom stereocenters. The molecular weight excluding hydrogens is 488 g/mol. The molecule has 7 nitrogen and oxygen atoms in total. The standard InChI is InChI=1S/C29H38O7Si/c1-19(25-20(2)26(34-21(3)30)27(28(32)36-25)35-22(4)31)18-33-37(29(5,6)7,23-14-10-8-11-15-23)24-16-12-9-13-17-24/h8-17,19-20,25-27H,18H2,1-7H3/t19-,20-,25+,26+,27-/m1/s1. The third-order valence-electron chi connectivity index (χ3n) is 6.95. The SMILES string of the molecule is CC(=O)O[C@H]1[C@H](C)[C@H]([C@H](C)CO[Si](c2ccccc2)(c2ccccc2)C(C)(C)C)OC(=O)[C@@H]1OC(C)=O. The summed E-state index contributed by atoms with van der Waals surface area (Å²) in [6, 6.07) is 20.6. The molecule has 0 N–H and O–H groups in total. The largest absolute Gasteiger partial charge is 0.459 e. The van der Waals surface area contributed by atoms with Gasteiger partial charge in [0.2, 0.25) is 6.10 Å². The van der Waals surface area contributed by atoms with E-state index in [1.165, 1.54) is 13.8 Å². The highest BCUT2D eigenvalue weighted by molar-refractivity contribution is 6.99. The Bertz CT molecular complexity index is 1040. The average molecular weight is 527 g/mol. The molecule has 0 spiro atoms. The Kier molecular flexibility index (Phi) is 8.97. The summed E-state index contributed by atoms with van der Waals surface area (Å²) in [5, 5.41) is 2.11. The highest BCUT2D eigenvalue weighted by Gasteiger charge is 2.52. The molecule has 0 aliphatic carbocycles. The van der Waals surface area contributed by atoms with Crippen molar-refractivity contribution < 1.29 is 33.0 Å². The maximum atomic E-state index is 12.9. The molecule has 8 heteroatoms. The van der Waals surface area contributed by atoms with Gasteiger partial charge in [-0.1, -0.05) is 95.3 Å². The van der Waals surface area contributed by atoms with E-state index in [1.54, 1.807) is 0 Å². The van der Waals surface area contributed by atoms with Crippen LogP contribution in [0.5, 0.6) is 0 Å². The fourth-order valence-corrected chi connectivity index (χ4v) is 9.98. The summed E-state index contributed by atoms with van der Waals surface area (Å²) in [6.07, 6.45) is -2.83. The summed E-state index contributed by atoms with van der Waals surface area (Å²) in [5.74, 6) is -2.56. The summed E-state index contributed by atoms with van der Waals surface area (Å²) < 4.78 is 23.4. The van der Waals surface area contributed by atoms with Gasteiger partial charge in [0, 0.05) is 32.3 Å². The highest BCUT2D eigenvalue weighted by Crippen LogP contribution is 2.38. The number of carbonyl (C=O) groups excluding carboxylic acids is 3. The lowest BCUT2D eigenvalue weighted by Crippen LogP contribution is -2.67. The van der Waals surface area contributed by atoms with Gasteiger partial charge < -0.3 is 18.6 Å². The van der Waals surface area contributed by atoms with Crippen molar-refractivity contribution in [1.29, 1.82) is 0 Å². The van der Waals surface area contributed by atoms with Crippen molar-refractivity contribution in [2.24, 2.45) is 11.8 Å². The third kappa shape index (κ3) is 6.13. The number of carbonyl (C=O) groups is 3. The first-order valence-corrected chi connectivity index (χ1v) is 14.6. The molecule has 0 radical (unpaired) electrons. The van der Waals surface area contributed by atoms with Crippen LogP contribution in [-0.2, 0) is 33.0 Å². The van der Waals surface area contributed by atoms with Crippen molar-refractivity contribution >= 4 is 36.6 Å². The quantitative estimate of drug-likeness (QED) is 0.295. The fourth-order valence-electron chi connectivity index (χ4n) is 5.31. The van der Waals surface area contributed by atoms with Crippen molar-refractivity contribution in [2.75, 3.05) is 6.61 Å². The van der Waals surface area contributed by atoms with Gasteiger partial charge in [0.25, 0.3) is 8.32 Å². The second-order valence-electron chi connectivity index (χ2n) is 10.8. The fraction of sp³-hybridized carbons (Fsp3) is 0.483. The van der Waals surface area contributed by atoms with Gasteiger partial charge in [-0.15, -0.1) is 0 Å². The molecule has 0 bridgehead atoms. The zero-order valence-corrected chi connectivity index (χ0v) is 23.7. The van der Waals surface area contributed by atoms with E-state index in [1.807, 2.05) is 50.2 Å². The van der Waals surface area contributed by atoms with Crippen LogP contribution < -0.4 is 10.4 Å². The molecule has 1 heterocycles. The van der Waals surface area contributed by atoms with Crippen LogP contribution >= 0.6 is 0 Å². The van der Waals surface area contributed by atoms with Gasteiger partial charge in [0.05, 0.1) is 0 Å².